The summed E-state index contributed by atoms with van der Waals surface area (Å²) in [5, 5.41) is 12.3. The van der Waals surface area contributed by atoms with Gasteiger partial charge in [-0.25, -0.2) is 0 Å². The van der Waals surface area contributed by atoms with E-state index in [0.717, 1.165) is 19.3 Å². The second kappa shape index (κ2) is 3.90. The van der Waals surface area contributed by atoms with Gasteiger partial charge in [-0.15, -0.1) is 0 Å². The van der Waals surface area contributed by atoms with Crippen molar-refractivity contribution in [1.29, 1.82) is 0 Å². The lowest BCUT2D eigenvalue weighted by molar-refractivity contribution is -0.120. The Bertz CT molecular complexity index is 170. The van der Waals surface area contributed by atoms with Crippen LogP contribution in [0.15, 0.2) is 0 Å². The van der Waals surface area contributed by atoms with Crippen molar-refractivity contribution in [2.24, 2.45) is 5.92 Å². The minimum absolute atomic E-state index is 0.0311. The number of rotatable bonds is 1. The molecule has 1 fully saturated rings. The molecule has 0 bridgehead atoms. The fraction of sp³-hybridized carbons (Fsp3) is 0.889. The van der Waals surface area contributed by atoms with Gasteiger partial charge in [0, 0.05) is 13.0 Å². The fourth-order valence-electron chi connectivity index (χ4n) is 1.80. The van der Waals surface area contributed by atoms with Gasteiger partial charge in [0.2, 0.25) is 5.91 Å². The zero-order valence-corrected chi connectivity index (χ0v) is 7.71. The first-order chi connectivity index (χ1) is 5.59. The Morgan fingerprint density at radius 1 is 1.50 bits per heavy atom. The highest BCUT2D eigenvalue weighted by Gasteiger charge is 2.25. The Kier molecular flexibility index (Phi) is 3.09. The summed E-state index contributed by atoms with van der Waals surface area (Å²) in [6.07, 6.45) is 2.45. The van der Waals surface area contributed by atoms with E-state index >= 15 is 0 Å². The number of amides is 1. The first-order valence-electron chi connectivity index (χ1n) is 4.54. The third-order valence-electron chi connectivity index (χ3n) is 2.53. The van der Waals surface area contributed by atoms with E-state index in [0.29, 0.717) is 5.92 Å². The van der Waals surface area contributed by atoms with Crippen molar-refractivity contribution in [2.45, 2.75) is 45.3 Å². The summed E-state index contributed by atoms with van der Waals surface area (Å²) in [5.41, 5.74) is 0. The van der Waals surface area contributed by atoms with Crippen LogP contribution in [0.2, 0.25) is 0 Å². The average Bonchev–Trinajstić information content (AvgIpc) is 1.96. The van der Waals surface area contributed by atoms with Crippen LogP contribution in [0.1, 0.15) is 33.1 Å². The van der Waals surface area contributed by atoms with Crippen molar-refractivity contribution in [3.05, 3.63) is 0 Å². The Labute approximate surface area is 73.2 Å². The van der Waals surface area contributed by atoms with Crippen molar-refractivity contribution < 1.29 is 9.90 Å². The standard InChI is InChI=1S/C9H17NO2/c1-6-5-8(10-7(2)11)3-4-9(6)12/h6,8-9,12H,3-5H2,1-2H3,(H,10,11)/t6-,8+,9-/m1/s1. The molecule has 70 valence electrons. The predicted molar refractivity (Wildman–Crippen MR) is 46.6 cm³/mol. The van der Waals surface area contributed by atoms with Gasteiger partial charge in [-0.1, -0.05) is 6.92 Å². The average molecular weight is 171 g/mol. The lowest BCUT2D eigenvalue weighted by Gasteiger charge is -2.31. The summed E-state index contributed by atoms with van der Waals surface area (Å²) in [6, 6.07) is 0.279. The van der Waals surface area contributed by atoms with Crippen molar-refractivity contribution in [3.8, 4) is 0 Å². The largest absolute Gasteiger partial charge is 0.393 e. The molecule has 3 atom stereocenters. The molecule has 0 aliphatic heterocycles. The van der Waals surface area contributed by atoms with Gasteiger partial charge < -0.3 is 10.4 Å². The topological polar surface area (TPSA) is 49.3 Å². The summed E-state index contributed by atoms with van der Waals surface area (Å²) in [4.78, 5) is 10.7. The van der Waals surface area contributed by atoms with Gasteiger partial charge in [-0.3, -0.25) is 4.79 Å². The normalized spacial score (nSPS) is 36.1. The maximum atomic E-state index is 10.7. The van der Waals surface area contributed by atoms with E-state index in [9.17, 15) is 9.90 Å². The minimum Gasteiger partial charge on any atom is -0.393 e. The molecule has 0 aromatic heterocycles. The summed E-state index contributed by atoms with van der Waals surface area (Å²) in [5.74, 6) is 0.346. The molecule has 2 N–H and O–H groups in total. The summed E-state index contributed by atoms with van der Waals surface area (Å²) in [7, 11) is 0. The molecule has 12 heavy (non-hydrogen) atoms. The molecule has 1 amide bonds. The smallest absolute Gasteiger partial charge is 0.217 e. The van der Waals surface area contributed by atoms with E-state index in [1.807, 2.05) is 6.92 Å². The summed E-state index contributed by atoms with van der Waals surface area (Å²) < 4.78 is 0. The van der Waals surface area contributed by atoms with E-state index in [1.165, 1.54) is 6.92 Å². The van der Waals surface area contributed by atoms with E-state index in [-0.39, 0.29) is 18.1 Å². The summed E-state index contributed by atoms with van der Waals surface area (Å²) >= 11 is 0. The molecule has 1 aliphatic carbocycles. The predicted octanol–water partition coefficient (Wildman–Crippen LogP) is 0.672. The van der Waals surface area contributed by atoms with Crippen LogP contribution in [0.25, 0.3) is 0 Å². The molecule has 0 aromatic rings. The molecule has 1 rings (SSSR count). The number of carbonyl (C=O) groups is 1. The zero-order chi connectivity index (χ0) is 9.14. The van der Waals surface area contributed by atoms with Crippen molar-refractivity contribution in [2.75, 3.05) is 0 Å². The van der Waals surface area contributed by atoms with E-state index in [2.05, 4.69) is 5.32 Å². The highest BCUT2D eigenvalue weighted by molar-refractivity contribution is 5.73. The second-order valence-electron chi connectivity index (χ2n) is 3.76. The van der Waals surface area contributed by atoms with E-state index < -0.39 is 0 Å². The quantitative estimate of drug-likeness (QED) is 0.609. The number of hydrogen-bond acceptors (Lipinski definition) is 2. The van der Waals surface area contributed by atoms with Crippen LogP contribution in [0.5, 0.6) is 0 Å². The van der Waals surface area contributed by atoms with Crippen LogP contribution in [0, 0.1) is 5.92 Å². The fourth-order valence-corrected chi connectivity index (χ4v) is 1.80. The Hall–Kier alpha value is -0.570. The third kappa shape index (κ3) is 2.48. The number of aliphatic hydroxyl groups excluding tert-OH is 1. The van der Waals surface area contributed by atoms with Gasteiger partial charge >= 0.3 is 0 Å². The molecule has 0 spiro atoms. The molecule has 0 unspecified atom stereocenters. The molecule has 1 aliphatic rings. The Morgan fingerprint density at radius 3 is 2.67 bits per heavy atom. The number of hydrogen-bond donors (Lipinski definition) is 2. The van der Waals surface area contributed by atoms with Gasteiger partial charge in [-0.05, 0) is 25.2 Å². The van der Waals surface area contributed by atoms with E-state index in [4.69, 9.17) is 0 Å². The molecule has 0 aromatic carbocycles. The lowest BCUT2D eigenvalue weighted by Crippen LogP contribution is -2.40. The van der Waals surface area contributed by atoms with Crippen LogP contribution in [0.4, 0.5) is 0 Å². The van der Waals surface area contributed by atoms with Crippen LogP contribution in [-0.2, 0) is 4.79 Å². The van der Waals surface area contributed by atoms with Crippen LogP contribution < -0.4 is 5.32 Å². The maximum absolute atomic E-state index is 10.7. The number of aliphatic hydroxyl groups is 1. The van der Waals surface area contributed by atoms with Crippen LogP contribution >= 0.6 is 0 Å². The summed E-state index contributed by atoms with van der Waals surface area (Å²) in [6.45, 7) is 3.56. The zero-order valence-electron chi connectivity index (χ0n) is 7.71. The van der Waals surface area contributed by atoms with Gasteiger partial charge in [0.25, 0.3) is 0 Å². The molecule has 0 radical (unpaired) electrons. The monoisotopic (exact) mass is 171 g/mol. The maximum Gasteiger partial charge on any atom is 0.217 e. The Morgan fingerprint density at radius 2 is 2.17 bits per heavy atom. The van der Waals surface area contributed by atoms with Crippen molar-refractivity contribution in [3.63, 3.8) is 0 Å². The highest BCUT2D eigenvalue weighted by atomic mass is 16.3. The third-order valence-corrected chi connectivity index (χ3v) is 2.53. The van der Waals surface area contributed by atoms with Gasteiger partial charge in [0.15, 0.2) is 0 Å². The highest BCUT2D eigenvalue weighted by Crippen LogP contribution is 2.23. The molecule has 3 heteroatoms. The first kappa shape index (κ1) is 9.52. The van der Waals surface area contributed by atoms with Gasteiger partial charge in [0.05, 0.1) is 6.10 Å². The molecule has 1 saturated carbocycles. The molecule has 0 saturated heterocycles. The van der Waals surface area contributed by atoms with Crippen LogP contribution in [-0.4, -0.2) is 23.2 Å². The van der Waals surface area contributed by atoms with Gasteiger partial charge in [-0.2, -0.15) is 0 Å². The van der Waals surface area contributed by atoms with E-state index in [1.54, 1.807) is 0 Å². The molecular weight excluding hydrogens is 154 g/mol. The van der Waals surface area contributed by atoms with Crippen molar-refractivity contribution >= 4 is 5.91 Å². The lowest BCUT2D eigenvalue weighted by atomic mass is 9.84. The number of carbonyl (C=O) groups excluding carboxylic acids is 1. The Balaban J connectivity index is 2.35. The van der Waals surface area contributed by atoms with Gasteiger partial charge in [0.1, 0.15) is 0 Å². The van der Waals surface area contributed by atoms with Crippen molar-refractivity contribution in [1.82, 2.24) is 5.32 Å². The number of nitrogens with one attached hydrogen (secondary N) is 1. The molecule has 3 nitrogen and oxygen atoms in total. The van der Waals surface area contributed by atoms with Crippen LogP contribution in [0.3, 0.4) is 0 Å². The SMILES string of the molecule is CC(=O)N[C@H]1CC[C@@H](O)[C@H](C)C1. The minimum atomic E-state index is -0.171. The first-order valence-corrected chi connectivity index (χ1v) is 4.54. The molecule has 0 heterocycles. The molecular formula is C9H17NO2. The second-order valence-corrected chi connectivity index (χ2v) is 3.76.